The summed E-state index contributed by atoms with van der Waals surface area (Å²) in [6, 6.07) is 25.7. The number of methoxy groups -OCH3 is 2. The van der Waals surface area contributed by atoms with Gasteiger partial charge in [0, 0.05) is 23.0 Å². The summed E-state index contributed by atoms with van der Waals surface area (Å²) >= 11 is 3.51. The number of hydrogen-bond acceptors (Lipinski definition) is 6. The first kappa shape index (κ1) is 27.2. The van der Waals surface area contributed by atoms with Crippen LogP contribution in [0.4, 0.5) is 5.69 Å². The van der Waals surface area contributed by atoms with Gasteiger partial charge in [-0.15, -0.1) is 0 Å². The largest absolute Gasteiger partial charge is 0.497 e. The molecular weight excluding hydrogens is 608 g/mol. The van der Waals surface area contributed by atoms with Crippen LogP contribution >= 0.6 is 15.9 Å². The first-order valence-corrected chi connectivity index (χ1v) is 14.7. The van der Waals surface area contributed by atoms with Crippen molar-refractivity contribution in [3.05, 3.63) is 129 Å². The van der Waals surface area contributed by atoms with E-state index in [1.165, 1.54) is 7.11 Å². The average molecular weight is 636 g/mol. The third-order valence-electron chi connectivity index (χ3n) is 8.91. The second kappa shape index (κ2) is 10.2. The Morgan fingerprint density at radius 3 is 2.42 bits per heavy atom. The highest BCUT2D eigenvalue weighted by Gasteiger charge is 2.70. The van der Waals surface area contributed by atoms with Crippen LogP contribution in [-0.2, 0) is 10.2 Å². The monoisotopic (exact) mass is 634 g/mol. The number of nitrogens with zero attached hydrogens (tertiary/aromatic N) is 1. The molecule has 3 aliphatic rings. The van der Waals surface area contributed by atoms with E-state index in [-0.39, 0.29) is 17.5 Å². The van der Waals surface area contributed by atoms with Crippen molar-refractivity contribution >= 4 is 45.2 Å². The van der Waals surface area contributed by atoms with Gasteiger partial charge in [0.2, 0.25) is 5.91 Å². The highest BCUT2D eigenvalue weighted by atomic mass is 79.9. The standard InChI is InChI=1S/C35H27BrN2O5/c1-42-23-10-7-9-21(18-23)31(39)29-30(32(40)22-14-15-28(43-2)26(36)19-22)38-17-16-20-8-3-4-11-24(20)33(38)35(29)25-12-5-6-13-27(25)37-34(35)41/h3-19,29-30,33H,1-2H3,(H,37,41)/t29-,30+,33+,35+/m0/s1. The van der Waals surface area contributed by atoms with Gasteiger partial charge in [0.25, 0.3) is 0 Å². The summed E-state index contributed by atoms with van der Waals surface area (Å²) < 4.78 is 11.5. The molecule has 0 radical (unpaired) electrons. The molecule has 0 saturated carbocycles. The molecule has 0 unspecified atom stereocenters. The second-order valence-corrected chi connectivity index (χ2v) is 11.7. The number of nitrogens with one attached hydrogen (secondary N) is 1. The molecule has 1 N–H and O–H groups in total. The molecule has 8 heteroatoms. The molecule has 3 aliphatic heterocycles. The van der Waals surface area contributed by atoms with Crippen molar-refractivity contribution in [2.75, 3.05) is 19.5 Å². The summed E-state index contributed by atoms with van der Waals surface area (Å²) in [4.78, 5) is 46.2. The van der Waals surface area contributed by atoms with Crippen LogP contribution < -0.4 is 14.8 Å². The lowest BCUT2D eigenvalue weighted by Gasteiger charge is -2.38. The quantitative estimate of drug-likeness (QED) is 0.246. The van der Waals surface area contributed by atoms with E-state index in [4.69, 9.17) is 9.47 Å². The Morgan fingerprint density at radius 1 is 0.860 bits per heavy atom. The number of ketones is 2. The zero-order valence-electron chi connectivity index (χ0n) is 23.4. The maximum Gasteiger partial charge on any atom is 0.238 e. The van der Waals surface area contributed by atoms with Crippen LogP contribution in [0.2, 0.25) is 0 Å². The van der Waals surface area contributed by atoms with Crippen molar-refractivity contribution in [3.63, 3.8) is 0 Å². The van der Waals surface area contributed by atoms with Crippen LogP contribution in [0.1, 0.15) is 43.4 Å². The Bertz CT molecular complexity index is 1850. The van der Waals surface area contributed by atoms with Gasteiger partial charge in [0.15, 0.2) is 11.6 Å². The Morgan fingerprint density at radius 2 is 1.63 bits per heavy atom. The Labute approximate surface area is 257 Å². The van der Waals surface area contributed by atoms with E-state index < -0.39 is 23.4 Å². The number of fused-ring (bicyclic) bond motifs is 6. The molecule has 1 spiro atoms. The third-order valence-corrected chi connectivity index (χ3v) is 9.53. The predicted molar refractivity (Wildman–Crippen MR) is 166 cm³/mol. The molecule has 3 heterocycles. The van der Waals surface area contributed by atoms with E-state index in [2.05, 4.69) is 21.2 Å². The molecule has 7 nitrogen and oxygen atoms in total. The maximum atomic E-state index is 14.9. The van der Waals surface area contributed by atoms with E-state index in [9.17, 15) is 14.4 Å². The van der Waals surface area contributed by atoms with Gasteiger partial charge in [-0.25, -0.2) is 0 Å². The van der Waals surface area contributed by atoms with Crippen LogP contribution in [0.25, 0.3) is 6.08 Å². The van der Waals surface area contributed by atoms with Gasteiger partial charge in [0.1, 0.15) is 23.0 Å². The minimum atomic E-state index is -1.40. The molecule has 0 aromatic heterocycles. The van der Waals surface area contributed by atoms with Crippen LogP contribution in [0.3, 0.4) is 0 Å². The molecule has 0 aliphatic carbocycles. The minimum Gasteiger partial charge on any atom is -0.497 e. The van der Waals surface area contributed by atoms with Gasteiger partial charge in [-0.3, -0.25) is 14.4 Å². The molecular formula is C35H27BrN2O5. The lowest BCUT2D eigenvalue weighted by atomic mass is 9.62. The fraction of sp³-hybridized carbons (Fsp3) is 0.171. The summed E-state index contributed by atoms with van der Waals surface area (Å²) in [6.45, 7) is 0. The summed E-state index contributed by atoms with van der Waals surface area (Å²) in [5, 5.41) is 3.07. The summed E-state index contributed by atoms with van der Waals surface area (Å²) in [7, 11) is 3.10. The van der Waals surface area contributed by atoms with E-state index >= 15 is 0 Å². The highest BCUT2D eigenvalue weighted by Crippen LogP contribution is 2.62. The topological polar surface area (TPSA) is 84.9 Å². The van der Waals surface area contributed by atoms with Gasteiger partial charge in [-0.2, -0.15) is 0 Å². The van der Waals surface area contributed by atoms with Crippen LogP contribution in [0.15, 0.2) is 102 Å². The van der Waals surface area contributed by atoms with E-state index in [1.807, 2.05) is 65.7 Å². The molecule has 4 aromatic rings. The van der Waals surface area contributed by atoms with Crippen molar-refractivity contribution in [2.45, 2.75) is 17.5 Å². The fourth-order valence-corrected chi connectivity index (χ4v) is 7.65. The number of para-hydroxylation sites is 1. The summed E-state index contributed by atoms with van der Waals surface area (Å²) in [5.41, 5.74) is 2.53. The number of amides is 1. The molecule has 1 amide bonds. The predicted octanol–water partition coefficient (Wildman–Crippen LogP) is 6.45. The number of anilines is 1. The number of halogens is 1. The van der Waals surface area contributed by atoms with Gasteiger partial charge in [-0.1, -0.05) is 54.6 Å². The lowest BCUT2D eigenvalue weighted by molar-refractivity contribution is -0.122. The van der Waals surface area contributed by atoms with Crippen molar-refractivity contribution in [2.24, 2.45) is 5.92 Å². The summed E-state index contributed by atoms with van der Waals surface area (Å²) in [6.07, 6.45) is 3.81. The van der Waals surface area contributed by atoms with E-state index in [0.29, 0.717) is 38.3 Å². The normalized spacial score (nSPS) is 22.9. The van der Waals surface area contributed by atoms with Crippen molar-refractivity contribution in [1.29, 1.82) is 0 Å². The zero-order valence-corrected chi connectivity index (χ0v) is 25.0. The molecule has 7 rings (SSSR count). The van der Waals surface area contributed by atoms with E-state index in [1.54, 1.807) is 49.6 Å². The van der Waals surface area contributed by atoms with Gasteiger partial charge in [-0.05, 0) is 75.1 Å². The molecule has 4 aromatic carbocycles. The Hall–Kier alpha value is -4.69. The number of hydrogen-bond donors (Lipinski definition) is 1. The average Bonchev–Trinajstić information content (AvgIpc) is 3.52. The van der Waals surface area contributed by atoms with E-state index in [0.717, 1.165) is 11.1 Å². The van der Waals surface area contributed by atoms with Crippen LogP contribution in [0.5, 0.6) is 11.5 Å². The van der Waals surface area contributed by atoms with Crippen molar-refractivity contribution in [1.82, 2.24) is 4.90 Å². The number of carbonyl (C=O) groups excluding carboxylic acids is 3. The molecule has 4 atom stereocenters. The second-order valence-electron chi connectivity index (χ2n) is 10.9. The summed E-state index contributed by atoms with van der Waals surface area (Å²) in [5.74, 6) is -0.861. The molecule has 0 bridgehead atoms. The first-order chi connectivity index (χ1) is 20.9. The highest BCUT2D eigenvalue weighted by molar-refractivity contribution is 9.10. The molecule has 1 fully saturated rings. The number of carbonyl (C=O) groups is 3. The molecule has 214 valence electrons. The van der Waals surface area contributed by atoms with Crippen LogP contribution in [0, 0.1) is 5.92 Å². The number of ether oxygens (including phenoxy) is 2. The smallest absolute Gasteiger partial charge is 0.238 e. The van der Waals surface area contributed by atoms with Crippen molar-refractivity contribution in [3.8, 4) is 11.5 Å². The number of Topliss-reactive ketones (excluding diaryl/α,β-unsaturated/α-hetero) is 2. The maximum absolute atomic E-state index is 14.9. The number of benzene rings is 4. The third kappa shape index (κ3) is 3.89. The van der Waals surface area contributed by atoms with Gasteiger partial charge < -0.3 is 19.7 Å². The number of rotatable bonds is 6. The zero-order chi connectivity index (χ0) is 29.9. The Kier molecular flexibility index (Phi) is 6.47. The Balaban J connectivity index is 1.52. The SMILES string of the molecule is COc1cccc(C(=O)[C@@H]2[C@H](C(=O)c3ccc(OC)c(Br)c3)N3C=Cc4ccccc4[C@@H]3[C@]23C(=O)Nc2ccccc23)c1. The molecule has 43 heavy (non-hydrogen) atoms. The first-order valence-electron chi connectivity index (χ1n) is 13.9. The van der Waals surface area contributed by atoms with Gasteiger partial charge >= 0.3 is 0 Å². The lowest BCUT2D eigenvalue weighted by Crippen LogP contribution is -2.49. The minimum absolute atomic E-state index is 0.271. The van der Waals surface area contributed by atoms with Gasteiger partial charge in [0.05, 0.1) is 30.7 Å². The fourth-order valence-electron chi connectivity index (χ4n) is 7.11. The van der Waals surface area contributed by atoms with Crippen LogP contribution in [-0.4, -0.2) is 42.6 Å². The van der Waals surface area contributed by atoms with Crippen molar-refractivity contribution < 1.29 is 23.9 Å². The molecule has 1 saturated heterocycles.